The number of hydrogen-bond donors (Lipinski definition) is 0. The lowest BCUT2D eigenvalue weighted by Crippen LogP contribution is -2.41. The number of likely N-dealkylation sites (tertiary alicyclic amines) is 1. The molecule has 1 saturated heterocycles. The average Bonchev–Trinajstić information content (AvgIpc) is 3.15. The van der Waals surface area contributed by atoms with E-state index < -0.39 is 11.6 Å². The minimum absolute atomic E-state index is 0.0744. The van der Waals surface area contributed by atoms with Crippen molar-refractivity contribution in [3.05, 3.63) is 53.6 Å². The van der Waals surface area contributed by atoms with Crippen LogP contribution in [0.1, 0.15) is 31.2 Å². The Labute approximate surface area is 188 Å². The number of benzene rings is 2. The fourth-order valence-electron chi connectivity index (χ4n) is 3.56. The summed E-state index contributed by atoms with van der Waals surface area (Å²) in [6.07, 6.45) is 2.73. The lowest BCUT2D eigenvalue weighted by Gasteiger charge is -2.31. The minimum atomic E-state index is -0.679. The van der Waals surface area contributed by atoms with Crippen molar-refractivity contribution in [1.82, 2.24) is 9.88 Å². The van der Waals surface area contributed by atoms with Gasteiger partial charge in [-0.1, -0.05) is 29.0 Å². The fourth-order valence-corrected chi connectivity index (χ4v) is 5.33. The molecule has 0 N–H and O–H groups in total. The third-order valence-corrected chi connectivity index (χ3v) is 7.27. The molecule has 2 heterocycles. The highest BCUT2D eigenvalue weighted by atomic mass is 32.2. The van der Waals surface area contributed by atoms with Gasteiger partial charge in [-0.15, -0.1) is 11.8 Å². The van der Waals surface area contributed by atoms with Gasteiger partial charge in [-0.2, -0.15) is 4.98 Å². The molecule has 1 aliphatic heterocycles. The van der Waals surface area contributed by atoms with E-state index in [4.69, 9.17) is 4.74 Å². The molecule has 0 aliphatic carbocycles. The number of fused-ring (bicyclic) bond motifs is 1. The quantitative estimate of drug-likeness (QED) is 0.328. The van der Waals surface area contributed by atoms with Crippen molar-refractivity contribution in [2.24, 2.45) is 0 Å². The first kappa shape index (κ1) is 22.0. The van der Waals surface area contributed by atoms with Crippen LogP contribution in [0.3, 0.4) is 0 Å². The van der Waals surface area contributed by atoms with E-state index in [1.807, 2.05) is 4.90 Å². The molecule has 164 valence electrons. The highest BCUT2D eigenvalue weighted by Gasteiger charge is 2.24. The normalized spacial score (nSPS) is 14.9. The number of ether oxygens (including phenoxy) is 1. The number of halogens is 2. The molecule has 2 aromatic carbocycles. The van der Waals surface area contributed by atoms with Gasteiger partial charge in [0.05, 0.1) is 4.70 Å². The Morgan fingerprint density at radius 3 is 2.71 bits per heavy atom. The maximum atomic E-state index is 13.8. The molecule has 0 atom stereocenters. The largest absolute Gasteiger partial charge is 0.467 e. The summed E-state index contributed by atoms with van der Waals surface area (Å²) in [5, 5.41) is 0.345. The van der Waals surface area contributed by atoms with Gasteiger partial charge in [-0.25, -0.2) is 8.78 Å². The monoisotopic (exact) mass is 462 g/mol. The van der Waals surface area contributed by atoms with E-state index in [9.17, 15) is 13.6 Å². The maximum Gasteiger partial charge on any atom is 0.274 e. The Morgan fingerprint density at radius 1 is 1.23 bits per heavy atom. The summed E-state index contributed by atoms with van der Waals surface area (Å²) in [6.45, 7) is 3.35. The van der Waals surface area contributed by atoms with Crippen molar-refractivity contribution in [3.8, 4) is 5.19 Å². The lowest BCUT2D eigenvalue weighted by atomic mass is 10.1. The molecule has 0 radical (unpaired) electrons. The Hall–Kier alpha value is -2.19. The molecule has 0 unspecified atom stereocenters. The van der Waals surface area contributed by atoms with Gasteiger partial charge >= 0.3 is 0 Å². The first-order valence-electron chi connectivity index (χ1n) is 10.4. The summed E-state index contributed by atoms with van der Waals surface area (Å²) in [5.41, 5.74) is 1.38. The molecule has 0 saturated carbocycles. The number of carbonyl (C=O) groups is 1. The predicted molar refractivity (Wildman–Crippen MR) is 121 cm³/mol. The van der Waals surface area contributed by atoms with Crippen LogP contribution in [0.25, 0.3) is 10.2 Å². The highest BCUT2D eigenvalue weighted by Crippen LogP contribution is 2.32. The standard InChI is InChI=1S/C23H24F2N2O2S2/c1-15-4-6-18(7-5-15)30-12-2-3-21(28)27-10-8-17(9-11-27)29-23-26-22-19(25)13-16(24)14-20(22)31-23/h4-7,13-14,17H,2-3,8-12H2,1H3. The number of aromatic nitrogens is 1. The lowest BCUT2D eigenvalue weighted by molar-refractivity contribution is -0.133. The molecular formula is C23H24F2N2O2S2. The molecule has 4 nitrogen and oxygen atoms in total. The average molecular weight is 463 g/mol. The van der Waals surface area contributed by atoms with E-state index in [-0.39, 0.29) is 17.5 Å². The van der Waals surface area contributed by atoms with Gasteiger partial charge in [0.2, 0.25) is 5.91 Å². The number of thiazole rings is 1. The number of hydrogen-bond acceptors (Lipinski definition) is 5. The minimum Gasteiger partial charge on any atom is -0.467 e. The number of nitrogens with zero attached hydrogens (tertiary/aromatic N) is 2. The van der Waals surface area contributed by atoms with Crippen LogP contribution in [0, 0.1) is 18.6 Å². The van der Waals surface area contributed by atoms with Crippen LogP contribution >= 0.6 is 23.1 Å². The topological polar surface area (TPSA) is 42.4 Å². The molecule has 1 fully saturated rings. The molecule has 1 amide bonds. The van der Waals surface area contributed by atoms with Crippen LogP contribution in [-0.2, 0) is 4.79 Å². The first-order valence-corrected chi connectivity index (χ1v) is 12.2. The van der Waals surface area contributed by atoms with Gasteiger partial charge in [0.15, 0.2) is 5.82 Å². The number of rotatable bonds is 7. The SMILES string of the molecule is Cc1ccc(SCCCC(=O)N2CCC(Oc3nc4c(F)cc(F)cc4s3)CC2)cc1. The third-order valence-electron chi connectivity index (χ3n) is 5.28. The Morgan fingerprint density at radius 2 is 1.97 bits per heavy atom. The smallest absolute Gasteiger partial charge is 0.274 e. The number of piperidine rings is 1. The van der Waals surface area contributed by atoms with Crippen LogP contribution in [0.5, 0.6) is 5.19 Å². The van der Waals surface area contributed by atoms with Gasteiger partial charge < -0.3 is 9.64 Å². The van der Waals surface area contributed by atoms with E-state index in [1.165, 1.54) is 16.5 Å². The molecule has 1 aliphatic rings. The van der Waals surface area contributed by atoms with Crippen molar-refractivity contribution >= 4 is 39.2 Å². The van der Waals surface area contributed by atoms with E-state index in [0.29, 0.717) is 42.2 Å². The number of aryl methyl sites for hydroxylation is 1. The van der Waals surface area contributed by atoms with Crippen molar-refractivity contribution < 1.29 is 18.3 Å². The summed E-state index contributed by atoms with van der Waals surface area (Å²) < 4.78 is 33.5. The molecule has 4 rings (SSSR count). The van der Waals surface area contributed by atoms with Gasteiger partial charge in [0.1, 0.15) is 17.4 Å². The second kappa shape index (κ2) is 9.96. The number of thioether (sulfide) groups is 1. The molecule has 0 bridgehead atoms. The van der Waals surface area contributed by atoms with E-state index in [0.717, 1.165) is 29.6 Å². The Kier molecular flexibility index (Phi) is 7.07. The van der Waals surface area contributed by atoms with Crippen molar-refractivity contribution in [2.75, 3.05) is 18.8 Å². The predicted octanol–water partition coefficient (Wildman–Crippen LogP) is 5.83. The van der Waals surface area contributed by atoms with Crippen LogP contribution < -0.4 is 4.74 Å². The summed E-state index contributed by atoms with van der Waals surface area (Å²) in [7, 11) is 0. The second-order valence-corrected chi connectivity index (χ2v) is 9.84. The van der Waals surface area contributed by atoms with Crippen molar-refractivity contribution in [3.63, 3.8) is 0 Å². The number of carbonyl (C=O) groups excluding carboxylic acids is 1. The van der Waals surface area contributed by atoms with Crippen LogP contribution in [0.15, 0.2) is 41.3 Å². The fraction of sp³-hybridized carbons (Fsp3) is 0.391. The van der Waals surface area contributed by atoms with Crippen LogP contribution in [0.4, 0.5) is 8.78 Å². The van der Waals surface area contributed by atoms with E-state index in [1.54, 1.807) is 11.8 Å². The van der Waals surface area contributed by atoms with Gasteiger partial charge in [-0.3, -0.25) is 4.79 Å². The summed E-state index contributed by atoms with van der Waals surface area (Å²) in [4.78, 5) is 19.8. The van der Waals surface area contributed by atoms with E-state index in [2.05, 4.69) is 36.2 Å². The van der Waals surface area contributed by atoms with Gasteiger partial charge in [-0.05, 0) is 37.3 Å². The number of amides is 1. The molecular weight excluding hydrogens is 438 g/mol. The third kappa shape index (κ3) is 5.74. The molecule has 8 heteroatoms. The zero-order chi connectivity index (χ0) is 21.8. The zero-order valence-electron chi connectivity index (χ0n) is 17.3. The first-order chi connectivity index (χ1) is 15.0. The molecule has 3 aromatic rings. The van der Waals surface area contributed by atoms with Gasteiger partial charge in [0.25, 0.3) is 5.19 Å². The molecule has 31 heavy (non-hydrogen) atoms. The van der Waals surface area contributed by atoms with Crippen molar-refractivity contribution in [2.45, 2.75) is 43.6 Å². The maximum absolute atomic E-state index is 13.8. The van der Waals surface area contributed by atoms with Crippen molar-refractivity contribution in [1.29, 1.82) is 0 Å². The second-order valence-electron chi connectivity index (χ2n) is 7.68. The summed E-state index contributed by atoms with van der Waals surface area (Å²) in [5.74, 6) is -0.199. The zero-order valence-corrected chi connectivity index (χ0v) is 18.9. The van der Waals surface area contributed by atoms with Gasteiger partial charge in [0, 0.05) is 43.3 Å². The molecule has 0 spiro atoms. The highest BCUT2D eigenvalue weighted by molar-refractivity contribution is 7.99. The van der Waals surface area contributed by atoms with E-state index >= 15 is 0 Å². The van der Waals surface area contributed by atoms with Crippen LogP contribution in [0.2, 0.25) is 0 Å². The summed E-state index contributed by atoms with van der Waals surface area (Å²) >= 11 is 2.92. The summed E-state index contributed by atoms with van der Waals surface area (Å²) in [6, 6.07) is 10.5. The Balaban J connectivity index is 1.20. The van der Waals surface area contributed by atoms with Crippen LogP contribution in [-0.4, -0.2) is 40.7 Å². The molecule has 1 aromatic heterocycles. The Bertz CT molecular complexity index is 1050.